The standard InChI is InChI=1S/C7H14S/c1-5-7(8-4)6(2)3/h5-6H,1-4H3/b7-5-/i6D. The maximum absolute atomic E-state index is 7.60. The van der Waals surface area contributed by atoms with Gasteiger partial charge >= 0.3 is 0 Å². The molecule has 0 heterocycles. The highest BCUT2D eigenvalue weighted by Gasteiger charge is 1.96. The van der Waals surface area contributed by atoms with Crippen molar-refractivity contribution >= 4 is 11.8 Å². The van der Waals surface area contributed by atoms with Crippen LogP contribution in [0.25, 0.3) is 0 Å². The molecule has 0 nitrogen and oxygen atoms in total. The van der Waals surface area contributed by atoms with Gasteiger partial charge in [0.1, 0.15) is 0 Å². The first kappa shape index (κ1) is 6.21. The van der Waals surface area contributed by atoms with Crippen LogP contribution < -0.4 is 0 Å². The van der Waals surface area contributed by atoms with E-state index in [1.54, 1.807) is 11.8 Å². The molecule has 0 aliphatic heterocycles. The zero-order chi connectivity index (χ0) is 7.49. The minimum Gasteiger partial charge on any atom is -0.134 e. The molecule has 8 heavy (non-hydrogen) atoms. The lowest BCUT2D eigenvalue weighted by atomic mass is 10.2. The van der Waals surface area contributed by atoms with Gasteiger partial charge < -0.3 is 0 Å². The Morgan fingerprint density at radius 3 is 2.25 bits per heavy atom. The average molecular weight is 131 g/mol. The number of hydrogen-bond donors (Lipinski definition) is 0. The first-order valence-electron chi connectivity index (χ1n) is 3.23. The predicted molar refractivity (Wildman–Crippen MR) is 42.1 cm³/mol. The lowest BCUT2D eigenvalue weighted by Crippen LogP contribution is -1.86. The van der Waals surface area contributed by atoms with Gasteiger partial charge in [0.2, 0.25) is 0 Å². The molecule has 0 aromatic heterocycles. The molecule has 0 saturated heterocycles. The van der Waals surface area contributed by atoms with Crippen molar-refractivity contribution in [2.75, 3.05) is 6.26 Å². The van der Waals surface area contributed by atoms with Gasteiger partial charge in [0.05, 0.1) is 0 Å². The van der Waals surface area contributed by atoms with Crippen LogP contribution in [-0.2, 0) is 0 Å². The number of thioether (sulfide) groups is 1. The minimum absolute atomic E-state index is 0.409. The predicted octanol–water partition coefficient (Wildman–Crippen LogP) is 2.91. The summed E-state index contributed by atoms with van der Waals surface area (Å²) in [7, 11) is 0. The fourth-order valence-corrected chi connectivity index (χ4v) is 1.25. The van der Waals surface area contributed by atoms with Crippen LogP contribution in [0.2, 0.25) is 0 Å². The average Bonchev–Trinajstić information content (AvgIpc) is 1.65. The van der Waals surface area contributed by atoms with E-state index in [9.17, 15) is 0 Å². The summed E-state index contributed by atoms with van der Waals surface area (Å²) >= 11 is 1.65. The van der Waals surface area contributed by atoms with Crippen molar-refractivity contribution in [3.63, 3.8) is 0 Å². The molecule has 0 aliphatic rings. The Morgan fingerprint density at radius 1 is 1.75 bits per heavy atom. The molecular formula is C7H14S. The molecule has 0 atom stereocenters. The molecule has 0 spiro atoms. The Bertz CT molecular complexity index is 111. The van der Waals surface area contributed by atoms with Crippen LogP contribution >= 0.6 is 11.8 Å². The van der Waals surface area contributed by atoms with Crippen molar-refractivity contribution in [2.45, 2.75) is 20.8 Å². The van der Waals surface area contributed by atoms with Crippen LogP contribution in [0.4, 0.5) is 0 Å². The Balaban J connectivity index is 4.14. The summed E-state index contributed by atoms with van der Waals surface area (Å²) in [6.45, 7) is 5.78. The maximum Gasteiger partial charge on any atom is 0.0352 e. The zero-order valence-corrected chi connectivity index (χ0v) is 6.80. The van der Waals surface area contributed by atoms with E-state index in [1.807, 2.05) is 33.1 Å². The van der Waals surface area contributed by atoms with E-state index in [4.69, 9.17) is 1.37 Å². The summed E-state index contributed by atoms with van der Waals surface area (Å²) in [5.74, 6) is -0.409. The van der Waals surface area contributed by atoms with Gasteiger partial charge in [-0.2, -0.15) is 0 Å². The van der Waals surface area contributed by atoms with Gasteiger partial charge in [-0.15, -0.1) is 11.8 Å². The molecule has 0 amide bonds. The molecule has 48 valence electrons. The van der Waals surface area contributed by atoms with Crippen LogP contribution in [0, 0.1) is 5.89 Å². The summed E-state index contributed by atoms with van der Waals surface area (Å²) in [4.78, 5) is 1.13. The number of hydrogen-bond acceptors (Lipinski definition) is 1. The number of allylic oxidation sites excluding steroid dienone is 2. The molecule has 0 fully saturated rings. The van der Waals surface area contributed by atoms with E-state index in [0.717, 1.165) is 4.91 Å². The highest BCUT2D eigenvalue weighted by Crippen LogP contribution is 2.19. The smallest absolute Gasteiger partial charge is 0.0352 e. The van der Waals surface area contributed by atoms with Crippen molar-refractivity contribution in [1.29, 1.82) is 0 Å². The van der Waals surface area contributed by atoms with Crippen LogP contribution in [0.3, 0.4) is 0 Å². The Kier molecular flexibility index (Phi) is 3.12. The highest BCUT2D eigenvalue weighted by atomic mass is 32.2. The van der Waals surface area contributed by atoms with Crippen molar-refractivity contribution < 1.29 is 1.37 Å². The Morgan fingerprint density at radius 2 is 2.25 bits per heavy atom. The topological polar surface area (TPSA) is 0 Å². The summed E-state index contributed by atoms with van der Waals surface area (Å²) in [6.07, 6.45) is 4.00. The van der Waals surface area contributed by atoms with Crippen molar-refractivity contribution in [2.24, 2.45) is 5.89 Å². The molecule has 0 aromatic rings. The largest absolute Gasteiger partial charge is 0.134 e. The van der Waals surface area contributed by atoms with E-state index in [0.29, 0.717) is 0 Å². The molecule has 0 aliphatic carbocycles. The fraction of sp³-hybridized carbons (Fsp3) is 0.714. The molecule has 0 aromatic carbocycles. The van der Waals surface area contributed by atoms with Crippen LogP contribution in [-0.4, -0.2) is 6.26 Å². The minimum atomic E-state index is -0.409. The zero-order valence-electron chi connectivity index (χ0n) is 6.99. The van der Waals surface area contributed by atoms with E-state index >= 15 is 0 Å². The third-order valence-electron chi connectivity index (χ3n) is 0.975. The van der Waals surface area contributed by atoms with E-state index in [-0.39, 0.29) is 0 Å². The Labute approximate surface area is 57.8 Å². The summed E-state index contributed by atoms with van der Waals surface area (Å²) in [6, 6.07) is 0. The molecule has 0 rings (SSSR count). The van der Waals surface area contributed by atoms with Gasteiger partial charge in [0, 0.05) is 1.37 Å². The quantitative estimate of drug-likeness (QED) is 0.555. The van der Waals surface area contributed by atoms with Crippen LogP contribution in [0.5, 0.6) is 0 Å². The van der Waals surface area contributed by atoms with Crippen LogP contribution in [0.15, 0.2) is 11.0 Å². The van der Waals surface area contributed by atoms with E-state index in [2.05, 4.69) is 0 Å². The van der Waals surface area contributed by atoms with Gasteiger partial charge in [-0.05, 0) is 24.0 Å². The molecule has 0 unspecified atom stereocenters. The second-order valence-electron chi connectivity index (χ2n) is 1.86. The molecule has 0 radical (unpaired) electrons. The van der Waals surface area contributed by atoms with E-state index in [1.165, 1.54) is 0 Å². The third-order valence-corrected chi connectivity index (χ3v) is 2.06. The highest BCUT2D eigenvalue weighted by molar-refractivity contribution is 8.02. The van der Waals surface area contributed by atoms with Gasteiger partial charge in [0.25, 0.3) is 0 Å². The van der Waals surface area contributed by atoms with Gasteiger partial charge in [-0.1, -0.05) is 19.9 Å². The van der Waals surface area contributed by atoms with Crippen molar-refractivity contribution in [3.05, 3.63) is 11.0 Å². The molecule has 0 bridgehead atoms. The first-order chi connectivity index (χ1) is 4.02. The Hall–Kier alpha value is 0.0900. The first-order valence-corrected chi connectivity index (χ1v) is 3.95. The van der Waals surface area contributed by atoms with Gasteiger partial charge in [-0.3, -0.25) is 0 Å². The number of rotatable bonds is 2. The second kappa shape index (κ2) is 4.02. The summed E-state index contributed by atoms with van der Waals surface area (Å²) in [5.41, 5.74) is 0. The normalized spacial score (nSPS) is 16.0. The lowest BCUT2D eigenvalue weighted by Gasteiger charge is -2.04. The molecule has 0 N–H and O–H groups in total. The van der Waals surface area contributed by atoms with Gasteiger partial charge in [0.15, 0.2) is 0 Å². The summed E-state index contributed by atoms with van der Waals surface area (Å²) in [5, 5.41) is 0. The molecular weight excluding hydrogens is 116 g/mol. The molecule has 1 heteroatoms. The monoisotopic (exact) mass is 131 g/mol. The second-order valence-corrected chi connectivity index (χ2v) is 2.71. The molecule has 0 saturated carbocycles. The maximum atomic E-state index is 7.60. The fourth-order valence-electron chi connectivity index (χ4n) is 0.611. The van der Waals surface area contributed by atoms with Crippen LogP contribution in [0.1, 0.15) is 22.1 Å². The van der Waals surface area contributed by atoms with Crippen molar-refractivity contribution in [1.82, 2.24) is 0 Å². The van der Waals surface area contributed by atoms with Gasteiger partial charge in [-0.25, -0.2) is 0 Å². The lowest BCUT2D eigenvalue weighted by molar-refractivity contribution is 0.815. The summed E-state index contributed by atoms with van der Waals surface area (Å²) < 4.78 is 7.60. The van der Waals surface area contributed by atoms with E-state index < -0.39 is 5.89 Å². The third kappa shape index (κ3) is 2.41. The SMILES string of the molecule is [2H]C(C)(C)/C(=C/C)SC. The van der Waals surface area contributed by atoms with Crippen molar-refractivity contribution in [3.8, 4) is 0 Å².